The minimum atomic E-state index is -4.36. The molecule has 0 amide bonds. The summed E-state index contributed by atoms with van der Waals surface area (Å²) in [5.41, 5.74) is 2.43. The molecule has 0 radical (unpaired) electrons. The molecule has 0 spiro atoms. The summed E-state index contributed by atoms with van der Waals surface area (Å²) in [6.45, 7) is 2.28. The number of alkyl halides is 3. The molecule has 0 heterocycles. The predicted octanol–water partition coefficient (Wildman–Crippen LogP) is 7.28. The van der Waals surface area contributed by atoms with Crippen LogP contribution in [0.4, 0.5) is 13.2 Å². The van der Waals surface area contributed by atoms with Crippen LogP contribution in [0, 0.1) is 6.92 Å². The van der Waals surface area contributed by atoms with Gasteiger partial charge in [-0.15, -0.1) is 11.8 Å². The number of halogens is 3. The molecule has 3 aromatic rings. The Morgan fingerprint density at radius 3 is 2.29 bits per heavy atom. The van der Waals surface area contributed by atoms with Crippen LogP contribution in [0.15, 0.2) is 83.3 Å². The molecule has 0 aliphatic heterocycles. The highest BCUT2D eigenvalue weighted by molar-refractivity contribution is 7.99. The molecule has 3 rings (SSSR count). The van der Waals surface area contributed by atoms with Gasteiger partial charge in [0.2, 0.25) is 0 Å². The SMILES string of the molecule is COc1ccc(SC/C(=C/c2ccccc2)COc2ccc(C(F)(F)F)cc2)cc1C. The zero-order chi connectivity index (χ0) is 22.3. The third-order valence-electron chi connectivity index (χ3n) is 4.57. The van der Waals surface area contributed by atoms with E-state index in [1.54, 1.807) is 18.9 Å². The molecule has 0 saturated carbocycles. The molecule has 3 aromatic carbocycles. The van der Waals surface area contributed by atoms with E-state index in [9.17, 15) is 13.2 Å². The van der Waals surface area contributed by atoms with Crippen molar-refractivity contribution in [2.45, 2.75) is 18.0 Å². The van der Waals surface area contributed by atoms with Crippen molar-refractivity contribution in [3.05, 3.63) is 95.1 Å². The summed E-state index contributed by atoms with van der Waals surface area (Å²) < 4.78 is 49.4. The average Bonchev–Trinajstić information content (AvgIpc) is 2.76. The first kappa shape index (κ1) is 22.8. The lowest BCUT2D eigenvalue weighted by Crippen LogP contribution is -2.06. The minimum absolute atomic E-state index is 0.280. The van der Waals surface area contributed by atoms with E-state index in [1.807, 2.05) is 55.5 Å². The lowest BCUT2D eigenvalue weighted by Gasteiger charge is -2.13. The number of benzene rings is 3. The minimum Gasteiger partial charge on any atom is -0.496 e. The molecule has 0 N–H and O–H groups in total. The van der Waals surface area contributed by atoms with Crippen LogP contribution in [0.5, 0.6) is 11.5 Å². The molecule has 0 aliphatic rings. The van der Waals surface area contributed by atoms with Crippen LogP contribution in [0.25, 0.3) is 6.08 Å². The van der Waals surface area contributed by atoms with Gasteiger partial charge in [-0.1, -0.05) is 36.4 Å². The second-order valence-electron chi connectivity index (χ2n) is 6.94. The Morgan fingerprint density at radius 2 is 1.68 bits per heavy atom. The molecule has 0 saturated heterocycles. The van der Waals surface area contributed by atoms with Gasteiger partial charge in [0.25, 0.3) is 0 Å². The van der Waals surface area contributed by atoms with E-state index in [1.165, 1.54) is 12.1 Å². The number of hydrogen-bond acceptors (Lipinski definition) is 3. The van der Waals surface area contributed by atoms with Crippen molar-refractivity contribution in [3.63, 3.8) is 0 Å². The van der Waals surface area contributed by atoms with Gasteiger partial charge in [0.15, 0.2) is 0 Å². The number of thioether (sulfide) groups is 1. The third kappa shape index (κ3) is 6.82. The van der Waals surface area contributed by atoms with Crippen LogP contribution in [-0.2, 0) is 6.18 Å². The third-order valence-corrected chi connectivity index (χ3v) is 5.67. The van der Waals surface area contributed by atoms with Crippen LogP contribution in [0.1, 0.15) is 16.7 Å². The molecule has 0 fully saturated rings. The van der Waals surface area contributed by atoms with Crippen molar-refractivity contribution in [2.75, 3.05) is 19.5 Å². The molecule has 0 unspecified atom stereocenters. The fourth-order valence-electron chi connectivity index (χ4n) is 2.94. The number of hydrogen-bond donors (Lipinski definition) is 0. The maximum absolute atomic E-state index is 12.8. The number of methoxy groups -OCH3 is 1. The van der Waals surface area contributed by atoms with Crippen molar-refractivity contribution in [1.82, 2.24) is 0 Å². The summed E-state index contributed by atoms with van der Waals surface area (Å²) in [6.07, 6.45) is -2.31. The summed E-state index contributed by atoms with van der Waals surface area (Å²) in [7, 11) is 1.65. The Balaban J connectivity index is 1.71. The van der Waals surface area contributed by atoms with Gasteiger partial charge in [0, 0.05) is 10.6 Å². The van der Waals surface area contributed by atoms with E-state index in [4.69, 9.17) is 9.47 Å². The van der Waals surface area contributed by atoms with Crippen LogP contribution < -0.4 is 9.47 Å². The zero-order valence-electron chi connectivity index (χ0n) is 17.3. The monoisotopic (exact) mass is 444 g/mol. The van der Waals surface area contributed by atoms with Crippen LogP contribution >= 0.6 is 11.8 Å². The van der Waals surface area contributed by atoms with E-state index in [-0.39, 0.29) is 6.61 Å². The maximum Gasteiger partial charge on any atom is 0.416 e. The van der Waals surface area contributed by atoms with Gasteiger partial charge in [-0.3, -0.25) is 0 Å². The maximum atomic E-state index is 12.8. The zero-order valence-corrected chi connectivity index (χ0v) is 18.1. The second kappa shape index (κ2) is 10.4. The highest BCUT2D eigenvalue weighted by atomic mass is 32.2. The molecule has 2 nitrogen and oxygen atoms in total. The van der Waals surface area contributed by atoms with Gasteiger partial charge in [-0.05, 0) is 66.1 Å². The quantitative estimate of drug-likeness (QED) is 0.340. The first-order valence-corrected chi connectivity index (χ1v) is 10.7. The number of ether oxygens (including phenoxy) is 2. The Kier molecular flexibility index (Phi) is 7.69. The largest absolute Gasteiger partial charge is 0.496 e. The van der Waals surface area contributed by atoms with Gasteiger partial charge in [0.1, 0.15) is 18.1 Å². The average molecular weight is 445 g/mol. The van der Waals surface area contributed by atoms with Crippen molar-refractivity contribution in [2.24, 2.45) is 0 Å². The van der Waals surface area contributed by atoms with Crippen molar-refractivity contribution in [3.8, 4) is 11.5 Å². The molecule has 0 aromatic heterocycles. The Bertz CT molecular complexity index is 1010. The molecule has 6 heteroatoms. The number of aryl methyl sites for hydroxylation is 1. The summed E-state index contributed by atoms with van der Waals surface area (Å²) in [5.74, 6) is 1.92. The van der Waals surface area contributed by atoms with Gasteiger partial charge >= 0.3 is 6.18 Å². The smallest absolute Gasteiger partial charge is 0.416 e. The van der Waals surface area contributed by atoms with Gasteiger partial charge in [-0.25, -0.2) is 0 Å². The standard InChI is InChI=1S/C25H23F3O2S/c1-18-14-23(12-13-24(18)29-2)31-17-20(15-19-6-4-3-5-7-19)16-30-22-10-8-21(9-11-22)25(26,27)28/h3-15H,16-17H2,1-2H3/b20-15+. The van der Waals surface area contributed by atoms with Crippen molar-refractivity contribution in [1.29, 1.82) is 0 Å². The van der Waals surface area contributed by atoms with Crippen molar-refractivity contribution >= 4 is 17.8 Å². The fourth-order valence-corrected chi connectivity index (χ4v) is 3.89. The first-order chi connectivity index (χ1) is 14.8. The lowest BCUT2D eigenvalue weighted by molar-refractivity contribution is -0.137. The highest BCUT2D eigenvalue weighted by Gasteiger charge is 2.30. The van der Waals surface area contributed by atoms with Gasteiger partial charge in [-0.2, -0.15) is 13.2 Å². The van der Waals surface area contributed by atoms with E-state index in [0.717, 1.165) is 39.5 Å². The second-order valence-corrected chi connectivity index (χ2v) is 7.99. The summed E-state index contributed by atoms with van der Waals surface area (Å²) in [6, 6.07) is 20.7. The summed E-state index contributed by atoms with van der Waals surface area (Å²) in [4.78, 5) is 1.10. The Labute approximate surface area is 184 Å². The molecular formula is C25H23F3O2S. The van der Waals surface area contributed by atoms with Crippen LogP contribution in [0.2, 0.25) is 0 Å². The first-order valence-electron chi connectivity index (χ1n) is 9.67. The van der Waals surface area contributed by atoms with E-state index in [2.05, 4.69) is 6.07 Å². The van der Waals surface area contributed by atoms with E-state index < -0.39 is 11.7 Å². The molecular weight excluding hydrogens is 421 g/mol. The lowest BCUT2D eigenvalue weighted by atomic mass is 10.1. The fraction of sp³-hybridized carbons (Fsp3) is 0.200. The number of rotatable bonds is 8. The van der Waals surface area contributed by atoms with Gasteiger partial charge in [0.05, 0.1) is 12.7 Å². The normalized spacial score (nSPS) is 12.0. The van der Waals surface area contributed by atoms with E-state index in [0.29, 0.717) is 11.5 Å². The van der Waals surface area contributed by atoms with Crippen LogP contribution in [-0.4, -0.2) is 19.5 Å². The molecule has 0 atom stereocenters. The van der Waals surface area contributed by atoms with E-state index >= 15 is 0 Å². The van der Waals surface area contributed by atoms with Crippen molar-refractivity contribution < 1.29 is 22.6 Å². The molecule has 31 heavy (non-hydrogen) atoms. The molecule has 162 valence electrons. The summed E-state index contributed by atoms with van der Waals surface area (Å²) in [5, 5.41) is 0. The Morgan fingerprint density at radius 1 is 0.968 bits per heavy atom. The molecule has 0 aliphatic carbocycles. The topological polar surface area (TPSA) is 18.5 Å². The summed E-state index contributed by atoms with van der Waals surface area (Å²) >= 11 is 1.67. The highest BCUT2D eigenvalue weighted by Crippen LogP contribution is 2.31. The van der Waals surface area contributed by atoms with Gasteiger partial charge < -0.3 is 9.47 Å². The molecule has 0 bridgehead atoms. The Hall–Kier alpha value is -2.86. The predicted molar refractivity (Wildman–Crippen MR) is 120 cm³/mol. The van der Waals surface area contributed by atoms with Crippen LogP contribution in [0.3, 0.4) is 0 Å².